The van der Waals surface area contributed by atoms with Crippen molar-refractivity contribution in [2.75, 3.05) is 39.6 Å². The minimum absolute atomic E-state index is 0.0554. The van der Waals surface area contributed by atoms with Crippen LogP contribution in [0.5, 0.6) is 0 Å². The summed E-state index contributed by atoms with van der Waals surface area (Å²) in [5.41, 5.74) is 1.34. The summed E-state index contributed by atoms with van der Waals surface area (Å²) in [5.74, 6) is -1.29. The lowest BCUT2D eigenvalue weighted by atomic mass is 9.73. The highest BCUT2D eigenvalue weighted by Gasteiger charge is 2.61. The highest BCUT2D eigenvalue weighted by Crippen LogP contribution is 2.53. The van der Waals surface area contributed by atoms with Crippen LogP contribution in [0.25, 0.3) is 0 Å². The second-order valence-corrected chi connectivity index (χ2v) is 18.9. The van der Waals surface area contributed by atoms with Gasteiger partial charge in [0.2, 0.25) is 0 Å². The third-order valence-electron chi connectivity index (χ3n) is 13.5. The Morgan fingerprint density at radius 2 is 0.931 bits per heavy atom. The van der Waals surface area contributed by atoms with Crippen molar-refractivity contribution in [2.45, 2.75) is 192 Å². The Bertz CT molecular complexity index is 1440. The normalized spacial score (nSPS) is 30.2. The first-order valence-corrected chi connectivity index (χ1v) is 22.5. The van der Waals surface area contributed by atoms with Gasteiger partial charge >= 0.3 is 0 Å². The Balaban J connectivity index is 0.910. The zero-order valence-corrected chi connectivity index (χ0v) is 37.6. The summed E-state index contributed by atoms with van der Waals surface area (Å²) < 4.78 is 39.0. The van der Waals surface area contributed by atoms with Gasteiger partial charge in [-0.1, -0.05) is 88.4 Å². The summed E-state index contributed by atoms with van der Waals surface area (Å²) >= 11 is 0. The minimum atomic E-state index is -0.645. The molecule has 2 aromatic carbocycles. The van der Waals surface area contributed by atoms with Gasteiger partial charge in [-0.3, -0.25) is 9.68 Å². The molecule has 10 nitrogen and oxygen atoms in total. The number of nitrogens with zero attached hydrogens (tertiary/aromatic N) is 2. The molecule has 0 aliphatic carbocycles. The van der Waals surface area contributed by atoms with Crippen LogP contribution < -0.4 is 0 Å². The number of unbranched alkanes of at least 4 members (excludes halogenated alkanes) is 1. The Kier molecular flexibility index (Phi) is 14.9. The third-order valence-corrected chi connectivity index (χ3v) is 13.5. The fourth-order valence-corrected chi connectivity index (χ4v) is 10.6. The number of benzene rings is 2. The molecule has 58 heavy (non-hydrogen) atoms. The van der Waals surface area contributed by atoms with Gasteiger partial charge in [0.15, 0.2) is 11.6 Å². The van der Waals surface area contributed by atoms with Gasteiger partial charge in [-0.05, 0) is 91.2 Å². The molecule has 0 N–H and O–H groups in total. The first-order valence-electron chi connectivity index (χ1n) is 22.5. The van der Waals surface area contributed by atoms with E-state index in [0.717, 1.165) is 64.2 Å². The topological polar surface area (TPSA) is 80.3 Å². The molecule has 4 aliphatic heterocycles. The van der Waals surface area contributed by atoms with Gasteiger partial charge in [-0.2, -0.15) is 10.1 Å². The molecule has 0 saturated carbocycles. The minimum Gasteiger partial charge on any atom is -0.379 e. The van der Waals surface area contributed by atoms with E-state index in [4.69, 9.17) is 38.1 Å². The summed E-state index contributed by atoms with van der Waals surface area (Å²) in [6.45, 7) is 25.8. The van der Waals surface area contributed by atoms with Gasteiger partial charge < -0.3 is 28.4 Å². The number of rotatable bonds is 19. The Hall–Kier alpha value is -1.96. The maximum atomic E-state index is 6.81. The molecular formula is C48H76N2O8. The smallest absolute Gasteiger partial charge is 0.172 e. The first kappa shape index (κ1) is 45.6. The molecule has 6 unspecified atom stereocenters. The van der Waals surface area contributed by atoms with Crippen molar-refractivity contribution >= 4 is 0 Å². The van der Waals surface area contributed by atoms with Crippen molar-refractivity contribution in [3.63, 3.8) is 0 Å². The number of ether oxygens (including phenoxy) is 6. The molecule has 4 fully saturated rings. The monoisotopic (exact) mass is 809 g/mol. The van der Waals surface area contributed by atoms with Gasteiger partial charge in [-0.25, -0.2) is 0 Å². The van der Waals surface area contributed by atoms with Gasteiger partial charge in [0, 0.05) is 50.0 Å². The van der Waals surface area contributed by atoms with Crippen molar-refractivity contribution in [1.82, 2.24) is 10.1 Å². The lowest BCUT2D eigenvalue weighted by Crippen LogP contribution is -2.67. The van der Waals surface area contributed by atoms with E-state index in [1.54, 1.807) is 0 Å². The van der Waals surface area contributed by atoms with Crippen LogP contribution in [0.3, 0.4) is 0 Å². The van der Waals surface area contributed by atoms with Crippen LogP contribution in [0, 0.1) is 0 Å². The average molecular weight is 809 g/mol. The largest absolute Gasteiger partial charge is 0.379 e. The average Bonchev–Trinajstić information content (AvgIpc) is 3.79. The fourth-order valence-electron chi connectivity index (χ4n) is 10.6. The molecule has 6 atom stereocenters. The second-order valence-electron chi connectivity index (χ2n) is 18.9. The molecule has 0 amide bonds. The summed E-state index contributed by atoms with van der Waals surface area (Å²) in [4.78, 5) is 13.6. The summed E-state index contributed by atoms with van der Waals surface area (Å²) in [5, 5.41) is 4.56. The number of hydrogen-bond acceptors (Lipinski definition) is 10. The molecule has 4 aliphatic rings. The highest BCUT2D eigenvalue weighted by atomic mass is 16.8. The van der Waals surface area contributed by atoms with Crippen LogP contribution in [-0.4, -0.2) is 95.7 Å². The number of piperidine rings is 2. The Morgan fingerprint density at radius 1 is 0.569 bits per heavy atom. The molecule has 4 saturated heterocycles. The van der Waals surface area contributed by atoms with Crippen molar-refractivity contribution in [3.8, 4) is 0 Å². The summed E-state index contributed by atoms with van der Waals surface area (Å²) in [6.07, 6.45) is 8.28. The molecule has 0 aromatic heterocycles. The predicted molar refractivity (Wildman–Crippen MR) is 227 cm³/mol. The van der Waals surface area contributed by atoms with Gasteiger partial charge in [0.1, 0.15) is 24.4 Å². The van der Waals surface area contributed by atoms with Gasteiger partial charge in [-0.15, -0.1) is 0 Å². The Morgan fingerprint density at radius 3 is 1.28 bits per heavy atom. The van der Waals surface area contributed by atoms with Gasteiger partial charge in [0.25, 0.3) is 0 Å². The van der Waals surface area contributed by atoms with E-state index < -0.39 is 11.6 Å². The van der Waals surface area contributed by atoms with Crippen molar-refractivity contribution in [1.29, 1.82) is 0 Å². The highest BCUT2D eigenvalue weighted by molar-refractivity contribution is 5.18. The van der Waals surface area contributed by atoms with Crippen LogP contribution in [0.15, 0.2) is 60.7 Å². The standard InChI is InChI=1S/C48H76N2O8/c1-11-45(12-2)35-47(33-43(7,8)49(45)57-37(5)39-23-17-15-18-24-39)53-31-41(55-47)29-51-27-21-22-28-52-30-42-32-54-48(56-42)34-44(9,10)50(46(13-3,14-4)36-48)58-38(6)40-25-19-16-20-26-40/h15-20,23-26,37-38,41-42H,11-14,21-22,27-36H2,1-10H3. The Labute approximate surface area is 350 Å². The maximum absolute atomic E-state index is 6.81. The quantitative estimate of drug-likeness (QED) is 0.128. The molecular weight excluding hydrogens is 733 g/mol. The zero-order chi connectivity index (χ0) is 41.7. The van der Waals surface area contributed by atoms with Crippen LogP contribution in [0.4, 0.5) is 0 Å². The van der Waals surface area contributed by atoms with E-state index in [-0.39, 0.29) is 46.6 Å². The van der Waals surface area contributed by atoms with Crippen LogP contribution in [-0.2, 0) is 38.1 Å². The van der Waals surface area contributed by atoms with E-state index in [9.17, 15) is 0 Å². The first-order chi connectivity index (χ1) is 27.7. The zero-order valence-electron chi connectivity index (χ0n) is 37.6. The molecule has 4 heterocycles. The second kappa shape index (κ2) is 19.0. The van der Waals surface area contributed by atoms with Crippen molar-refractivity contribution < 1.29 is 38.1 Å². The SMILES string of the molecule is CCC1(CC)CC2(CC(C)(C)N1OC(C)c1ccccc1)OCC(COCCCCOCC1COC3(CC(C)(C)N(OC(C)c4ccccc4)C(CC)(CC)C3)O1)O2. The third kappa shape index (κ3) is 10.0. The molecule has 0 bridgehead atoms. The molecule has 2 spiro atoms. The van der Waals surface area contributed by atoms with E-state index in [1.165, 1.54) is 11.1 Å². The number of hydrogen-bond donors (Lipinski definition) is 0. The molecule has 0 radical (unpaired) electrons. The maximum Gasteiger partial charge on any atom is 0.172 e. The van der Waals surface area contributed by atoms with E-state index in [2.05, 4.69) is 128 Å². The van der Waals surface area contributed by atoms with Crippen LogP contribution >= 0.6 is 0 Å². The summed E-state index contributed by atoms with van der Waals surface area (Å²) in [7, 11) is 0. The fraction of sp³-hybridized carbons (Fsp3) is 0.750. The van der Waals surface area contributed by atoms with Crippen molar-refractivity contribution in [2.24, 2.45) is 0 Å². The molecule has 2 aromatic rings. The van der Waals surface area contributed by atoms with Crippen LogP contribution in [0.2, 0.25) is 0 Å². The van der Waals surface area contributed by atoms with E-state index >= 15 is 0 Å². The summed E-state index contributed by atoms with van der Waals surface area (Å²) in [6, 6.07) is 20.9. The van der Waals surface area contributed by atoms with Gasteiger partial charge in [0.05, 0.1) is 37.5 Å². The molecule has 6 rings (SSSR count). The lowest BCUT2D eigenvalue weighted by molar-refractivity contribution is -0.360. The lowest BCUT2D eigenvalue weighted by Gasteiger charge is -2.59. The molecule has 326 valence electrons. The molecule has 10 heteroatoms. The number of hydroxylamine groups is 4. The van der Waals surface area contributed by atoms with E-state index in [0.29, 0.717) is 39.6 Å². The van der Waals surface area contributed by atoms with E-state index in [1.807, 2.05) is 12.1 Å². The van der Waals surface area contributed by atoms with Crippen LogP contribution in [0.1, 0.15) is 157 Å². The van der Waals surface area contributed by atoms with Crippen molar-refractivity contribution in [3.05, 3.63) is 71.8 Å². The predicted octanol–water partition coefficient (Wildman–Crippen LogP) is 10.3.